The number of benzene rings is 3. The van der Waals surface area contributed by atoms with E-state index in [1.165, 1.54) is 31.2 Å². The van der Waals surface area contributed by atoms with Crippen molar-refractivity contribution in [2.24, 2.45) is 5.10 Å². The van der Waals surface area contributed by atoms with Gasteiger partial charge in [0.1, 0.15) is 12.4 Å². The van der Waals surface area contributed by atoms with Gasteiger partial charge in [-0.25, -0.2) is 9.82 Å². The molecule has 1 heterocycles. The van der Waals surface area contributed by atoms with E-state index < -0.39 is 0 Å². The minimum Gasteiger partial charge on any atom is -0.486 e. The Labute approximate surface area is 201 Å². The molecule has 3 aromatic carbocycles. The molecule has 1 saturated heterocycles. The average molecular weight is 486 g/mol. The second-order valence-electron chi connectivity index (χ2n) is 7.67. The number of carbonyl (C=O) groups is 1. The molecule has 1 aliphatic rings. The van der Waals surface area contributed by atoms with E-state index >= 15 is 0 Å². The number of hydrazone groups is 1. The molecule has 1 fully saturated rings. The number of anilines is 1. The van der Waals surface area contributed by atoms with Crippen molar-refractivity contribution in [2.45, 2.75) is 19.4 Å². The zero-order chi connectivity index (χ0) is 23.2. The molecule has 33 heavy (non-hydrogen) atoms. The second-order valence-corrected chi connectivity index (χ2v) is 8.48. The van der Waals surface area contributed by atoms with Gasteiger partial charge in [0, 0.05) is 24.3 Å². The molecule has 8 heteroatoms. The zero-order valence-electron chi connectivity index (χ0n) is 17.7. The van der Waals surface area contributed by atoms with Crippen LogP contribution in [-0.2, 0) is 6.61 Å². The largest absolute Gasteiger partial charge is 0.486 e. The van der Waals surface area contributed by atoms with E-state index in [1.807, 2.05) is 12.1 Å². The summed E-state index contributed by atoms with van der Waals surface area (Å²) >= 11 is 12.6. The standard InChI is InChI=1S/C25H22Cl2FN3O2/c26-22-13-18(14-23(27)24(22)33-16-17-3-7-20(28)8-4-17)15-29-30-25(32)19-5-9-21(10-6-19)31-11-1-2-12-31/h3-10,13-15H,1-2,11-12,16H2,(H,30,32)/b29-15-. The van der Waals surface area contributed by atoms with Gasteiger partial charge in [-0.1, -0.05) is 35.3 Å². The Kier molecular flexibility index (Phi) is 7.47. The van der Waals surface area contributed by atoms with Crippen LogP contribution in [0, 0.1) is 5.82 Å². The third-order valence-electron chi connectivity index (χ3n) is 5.30. The lowest BCUT2D eigenvalue weighted by Gasteiger charge is -2.17. The molecule has 5 nitrogen and oxygen atoms in total. The topological polar surface area (TPSA) is 53.9 Å². The van der Waals surface area contributed by atoms with Crippen molar-refractivity contribution in [3.8, 4) is 5.75 Å². The summed E-state index contributed by atoms with van der Waals surface area (Å²) in [5.74, 6) is -0.303. The monoisotopic (exact) mass is 485 g/mol. The highest BCUT2D eigenvalue weighted by molar-refractivity contribution is 6.37. The first-order valence-corrected chi connectivity index (χ1v) is 11.3. The molecular formula is C25H22Cl2FN3O2. The number of amides is 1. The van der Waals surface area contributed by atoms with E-state index in [2.05, 4.69) is 15.4 Å². The van der Waals surface area contributed by atoms with Gasteiger partial charge in [-0.2, -0.15) is 5.10 Å². The number of nitrogens with one attached hydrogen (secondary N) is 1. The molecule has 4 rings (SSSR count). The Morgan fingerprint density at radius 1 is 1.03 bits per heavy atom. The molecule has 1 aliphatic heterocycles. The highest BCUT2D eigenvalue weighted by Crippen LogP contribution is 2.34. The van der Waals surface area contributed by atoms with E-state index in [4.69, 9.17) is 27.9 Å². The SMILES string of the molecule is O=C(N/N=C\c1cc(Cl)c(OCc2ccc(F)cc2)c(Cl)c1)c1ccc(N2CCCC2)cc1. The van der Waals surface area contributed by atoms with Crippen LogP contribution >= 0.6 is 23.2 Å². The molecule has 1 amide bonds. The molecule has 0 aliphatic carbocycles. The van der Waals surface area contributed by atoms with Crippen LogP contribution in [0.4, 0.5) is 10.1 Å². The quantitative estimate of drug-likeness (QED) is 0.326. The first-order valence-electron chi connectivity index (χ1n) is 10.5. The summed E-state index contributed by atoms with van der Waals surface area (Å²) in [6.45, 7) is 2.30. The van der Waals surface area contributed by atoms with E-state index in [0.29, 0.717) is 26.9 Å². The van der Waals surface area contributed by atoms with Gasteiger partial charge in [-0.05, 0) is 72.5 Å². The highest BCUT2D eigenvalue weighted by Gasteiger charge is 2.13. The van der Waals surface area contributed by atoms with Gasteiger partial charge in [0.15, 0.2) is 5.75 Å². The summed E-state index contributed by atoms with van der Waals surface area (Å²) in [5.41, 5.74) is 5.54. The third kappa shape index (κ3) is 6.03. The van der Waals surface area contributed by atoms with Crippen molar-refractivity contribution in [3.63, 3.8) is 0 Å². The van der Waals surface area contributed by atoms with Crippen LogP contribution in [0.2, 0.25) is 10.0 Å². The van der Waals surface area contributed by atoms with Crippen LogP contribution in [0.15, 0.2) is 65.8 Å². The van der Waals surface area contributed by atoms with E-state index in [1.54, 1.807) is 36.4 Å². The fourth-order valence-corrected chi connectivity index (χ4v) is 4.17. The first-order chi connectivity index (χ1) is 16.0. The number of nitrogens with zero attached hydrogens (tertiary/aromatic N) is 2. The normalized spacial score (nSPS) is 13.5. The maximum atomic E-state index is 13.0. The van der Waals surface area contributed by atoms with E-state index in [0.717, 1.165) is 24.3 Å². The summed E-state index contributed by atoms with van der Waals surface area (Å²) in [6, 6.07) is 16.7. The fourth-order valence-electron chi connectivity index (χ4n) is 3.56. The molecule has 0 unspecified atom stereocenters. The minimum atomic E-state index is -0.315. The van der Waals surface area contributed by atoms with Crippen LogP contribution in [-0.4, -0.2) is 25.2 Å². The molecular weight excluding hydrogens is 464 g/mol. The van der Waals surface area contributed by atoms with Crippen molar-refractivity contribution in [1.82, 2.24) is 5.43 Å². The number of ether oxygens (including phenoxy) is 1. The smallest absolute Gasteiger partial charge is 0.271 e. The zero-order valence-corrected chi connectivity index (χ0v) is 19.2. The van der Waals surface area contributed by atoms with Crippen LogP contribution in [0.25, 0.3) is 0 Å². The lowest BCUT2D eigenvalue weighted by Crippen LogP contribution is -2.19. The van der Waals surface area contributed by atoms with Gasteiger partial charge in [0.05, 0.1) is 16.3 Å². The maximum Gasteiger partial charge on any atom is 0.271 e. The van der Waals surface area contributed by atoms with Crippen molar-refractivity contribution in [3.05, 3.63) is 93.2 Å². The van der Waals surface area contributed by atoms with Gasteiger partial charge in [0.2, 0.25) is 0 Å². The number of halogens is 3. The van der Waals surface area contributed by atoms with Gasteiger partial charge in [-0.15, -0.1) is 0 Å². The van der Waals surface area contributed by atoms with Gasteiger partial charge >= 0.3 is 0 Å². The van der Waals surface area contributed by atoms with Crippen molar-refractivity contribution < 1.29 is 13.9 Å². The summed E-state index contributed by atoms with van der Waals surface area (Å²) in [7, 11) is 0. The van der Waals surface area contributed by atoms with Gasteiger partial charge in [-0.3, -0.25) is 4.79 Å². The number of hydrogen-bond acceptors (Lipinski definition) is 4. The molecule has 1 N–H and O–H groups in total. The Morgan fingerprint density at radius 2 is 1.67 bits per heavy atom. The number of rotatable bonds is 7. The van der Waals surface area contributed by atoms with Crippen LogP contribution in [0.1, 0.15) is 34.3 Å². The Balaban J connectivity index is 1.34. The van der Waals surface area contributed by atoms with Crippen molar-refractivity contribution in [1.29, 1.82) is 0 Å². The summed E-state index contributed by atoms with van der Waals surface area (Å²) < 4.78 is 18.7. The fraction of sp³-hybridized carbons (Fsp3) is 0.200. The van der Waals surface area contributed by atoms with Gasteiger partial charge in [0.25, 0.3) is 5.91 Å². The van der Waals surface area contributed by atoms with Crippen molar-refractivity contribution in [2.75, 3.05) is 18.0 Å². The maximum absolute atomic E-state index is 13.0. The predicted molar refractivity (Wildman–Crippen MR) is 130 cm³/mol. The summed E-state index contributed by atoms with van der Waals surface area (Å²) in [6.07, 6.45) is 3.86. The molecule has 0 aromatic heterocycles. The average Bonchev–Trinajstić information content (AvgIpc) is 3.35. The lowest BCUT2D eigenvalue weighted by atomic mass is 10.2. The van der Waals surface area contributed by atoms with Crippen LogP contribution in [0.5, 0.6) is 5.75 Å². The Morgan fingerprint density at radius 3 is 2.30 bits per heavy atom. The minimum absolute atomic E-state index is 0.194. The molecule has 0 radical (unpaired) electrons. The molecule has 0 spiro atoms. The number of carbonyl (C=O) groups excluding carboxylic acids is 1. The Hall–Kier alpha value is -3.09. The molecule has 0 saturated carbocycles. The predicted octanol–water partition coefficient (Wildman–Crippen LogP) is 6.08. The van der Waals surface area contributed by atoms with Gasteiger partial charge < -0.3 is 9.64 Å². The second kappa shape index (κ2) is 10.7. The molecule has 0 atom stereocenters. The van der Waals surface area contributed by atoms with Crippen LogP contribution in [0.3, 0.4) is 0 Å². The van der Waals surface area contributed by atoms with E-state index in [9.17, 15) is 9.18 Å². The summed E-state index contributed by atoms with van der Waals surface area (Å²) in [5, 5.41) is 4.60. The van der Waals surface area contributed by atoms with Crippen molar-refractivity contribution >= 4 is 41.0 Å². The first kappa shape index (κ1) is 23.1. The molecule has 3 aromatic rings. The Bertz CT molecular complexity index is 1120. The van der Waals surface area contributed by atoms with Crippen LogP contribution < -0.4 is 15.1 Å². The molecule has 170 valence electrons. The lowest BCUT2D eigenvalue weighted by molar-refractivity contribution is 0.0955. The number of hydrogen-bond donors (Lipinski definition) is 1. The summed E-state index contributed by atoms with van der Waals surface area (Å²) in [4.78, 5) is 14.7. The third-order valence-corrected chi connectivity index (χ3v) is 5.86. The molecule has 0 bridgehead atoms. The van der Waals surface area contributed by atoms with E-state index in [-0.39, 0.29) is 18.3 Å². The highest BCUT2D eigenvalue weighted by atomic mass is 35.5.